The van der Waals surface area contributed by atoms with Crippen molar-refractivity contribution < 1.29 is 4.74 Å². The Hall–Kier alpha value is -3.93. The normalized spacial score (nSPS) is 11.2. The van der Waals surface area contributed by atoms with Crippen LogP contribution in [0.2, 0.25) is 0 Å². The van der Waals surface area contributed by atoms with Crippen molar-refractivity contribution in [2.75, 3.05) is 19.1 Å². The van der Waals surface area contributed by atoms with Crippen LogP contribution in [0.3, 0.4) is 0 Å². The fourth-order valence-electron chi connectivity index (χ4n) is 3.87. The molecule has 0 fully saturated rings. The number of rotatable bonds is 5. The van der Waals surface area contributed by atoms with Gasteiger partial charge in [0.25, 0.3) is 0 Å². The van der Waals surface area contributed by atoms with E-state index in [-0.39, 0.29) is 0 Å². The van der Waals surface area contributed by atoms with Crippen molar-refractivity contribution in [3.63, 3.8) is 0 Å². The first-order valence-corrected chi connectivity index (χ1v) is 10.2. The molecule has 6 heteroatoms. The molecular formula is C25H23N5O. The number of aryl methyl sites for hydroxylation is 1. The van der Waals surface area contributed by atoms with E-state index in [0.29, 0.717) is 0 Å². The minimum absolute atomic E-state index is 0.718. The minimum Gasteiger partial charge on any atom is -0.497 e. The van der Waals surface area contributed by atoms with Crippen molar-refractivity contribution in [3.05, 3.63) is 83.9 Å². The Bertz CT molecular complexity index is 1380. The molecule has 0 N–H and O–H groups in total. The van der Waals surface area contributed by atoms with Crippen LogP contribution >= 0.6 is 0 Å². The Balaban J connectivity index is 1.75. The molecule has 0 radical (unpaired) electrons. The van der Waals surface area contributed by atoms with Gasteiger partial charge in [0.2, 0.25) is 5.95 Å². The SMILES string of the molecule is COc1cccc(-c2nnc3c4cc(C)ccc4nc(N(C)Cc4ccccc4)n23)c1. The van der Waals surface area contributed by atoms with Crippen LogP contribution in [0.1, 0.15) is 11.1 Å². The predicted octanol–water partition coefficient (Wildman–Crippen LogP) is 4.90. The van der Waals surface area contributed by atoms with Gasteiger partial charge in [-0.1, -0.05) is 54.1 Å². The second-order valence-corrected chi connectivity index (χ2v) is 7.69. The third-order valence-electron chi connectivity index (χ3n) is 5.41. The number of nitrogens with zero attached hydrogens (tertiary/aromatic N) is 5. The van der Waals surface area contributed by atoms with Crippen LogP contribution in [0, 0.1) is 6.92 Å². The van der Waals surface area contributed by atoms with Crippen molar-refractivity contribution in [2.45, 2.75) is 13.5 Å². The molecule has 5 rings (SSSR count). The van der Waals surface area contributed by atoms with Gasteiger partial charge in [0, 0.05) is 24.5 Å². The molecule has 2 heterocycles. The average Bonchev–Trinajstić information content (AvgIpc) is 3.25. The summed E-state index contributed by atoms with van der Waals surface area (Å²) in [6, 6.07) is 24.5. The molecule has 0 aliphatic carbocycles. The summed E-state index contributed by atoms with van der Waals surface area (Å²) in [5.41, 5.74) is 4.99. The van der Waals surface area contributed by atoms with Crippen molar-refractivity contribution in [2.24, 2.45) is 0 Å². The van der Waals surface area contributed by atoms with Crippen LogP contribution in [-0.4, -0.2) is 33.7 Å². The van der Waals surface area contributed by atoms with Gasteiger partial charge in [0.1, 0.15) is 5.75 Å². The van der Waals surface area contributed by atoms with E-state index >= 15 is 0 Å². The zero-order valence-corrected chi connectivity index (χ0v) is 17.8. The van der Waals surface area contributed by atoms with Crippen LogP contribution in [0.25, 0.3) is 27.9 Å². The standard InChI is InChI=1S/C25H23N5O/c1-17-12-13-22-21(14-17)24-28-27-23(19-10-7-11-20(15-19)31-3)30(24)25(26-22)29(2)16-18-8-5-4-6-9-18/h4-15H,16H2,1-3H3. The molecule has 0 aliphatic heterocycles. The monoisotopic (exact) mass is 409 g/mol. The van der Waals surface area contributed by atoms with Crippen molar-refractivity contribution in [1.29, 1.82) is 0 Å². The Kier molecular flexibility index (Phi) is 4.75. The van der Waals surface area contributed by atoms with E-state index in [2.05, 4.69) is 58.4 Å². The van der Waals surface area contributed by atoms with Gasteiger partial charge in [-0.25, -0.2) is 9.38 Å². The molecular weight excluding hydrogens is 386 g/mol. The van der Waals surface area contributed by atoms with Gasteiger partial charge in [-0.3, -0.25) is 0 Å². The molecule has 154 valence electrons. The van der Waals surface area contributed by atoms with Crippen molar-refractivity contribution in [1.82, 2.24) is 19.6 Å². The Morgan fingerprint density at radius 3 is 2.58 bits per heavy atom. The highest BCUT2D eigenvalue weighted by Crippen LogP contribution is 2.30. The molecule has 0 spiro atoms. The summed E-state index contributed by atoms with van der Waals surface area (Å²) in [7, 11) is 3.71. The zero-order chi connectivity index (χ0) is 21.4. The number of fused-ring (bicyclic) bond motifs is 3. The van der Waals surface area contributed by atoms with Crippen molar-refractivity contribution in [3.8, 4) is 17.1 Å². The van der Waals surface area contributed by atoms with Crippen molar-refractivity contribution >= 4 is 22.5 Å². The highest BCUT2D eigenvalue weighted by molar-refractivity contribution is 5.94. The lowest BCUT2D eigenvalue weighted by molar-refractivity contribution is 0.415. The number of anilines is 1. The summed E-state index contributed by atoms with van der Waals surface area (Å²) in [4.78, 5) is 7.15. The molecule has 0 saturated carbocycles. The molecule has 2 aromatic heterocycles. The first-order valence-electron chi connectivity index (χ1n) is 10.2. The molecule has 6 nitrogen and oxygen atoms in total. The van der Waals surface area contributed by atoms with E-state index < -0.39 is 0 Å². The Morgan fingerprint density at radius 1 is 0.935 bits per heavy atom. The van der Waals surface area contributed by atoms with E-state index in [1.54, 1.807) is 7.11 Å². The maximum atomic E-state index is 5.42. The van der Waals surface area contributed by atoms with Crippen LogP contribution in [-0.2, 0) is 6.54 Å². The van der Waals surface area contributed by atoms with Crippen LogP contribution in [0.15, 0.2) is 72.8 Å². The number of ether oxygens (including phenoxy) is 1. The lowest BCUT2D eigenvalue weighted by Crippen LogP contribution is -2.21. The summed E-state index contributed by atoms with van der Waals surface area (Å²) in [6.45, 7) is 2.79. The molecule has 5 aromatic rings. The molecule has 3 aromatic carbocycles. The number of benzene rings is 3. The molecule has 0 amide bonds. The smallest absolute Gasteiger partial charge is 0.213 e. The summed E-state index contributed by atoms with van der Waals surface area (Å²) in [5.74, 6) is 2.30. The quantitative estimate of drug-likeness (QED) is 0.413. The first-order chi connectivity index (χ1) is 15.1. The van der Waals surface area contributed by atoms with Gasteiger partial charge in [0.15, 0.2) is 11.5 Å². The predicted molar refractivity (Wildman–Crippen MR) is 124 cm³/mol. The zero-order valence-electron chi connectivity index (χ0n) is 17.8. The van der Waals surface area contributed by atoms with E-state index in [4.69, 9.17) is 9.72 Å². The maximum Gasteiger partial charge on any atom is 0.213 e. The Morgan fingerprint density at radius 2 is 1.77 bits per heavy atom. The summed E-state index contributed by atoms with van der Waals surface area (Å²) in [5, 5.41) is 10.1. The van der Waals surface area contributed by atoms with Crippen LogP contribution in [0.4, 0.5) is 5.95 Å². The largest absolute Gasteiger partial charge is 0.497 e. The topological polar surface area (TPSA) is 55.6 Å². The number of hydrogen-bond donors (Lipinski definition) is 0. The van der Waals surface area contributed by atoms with Gasteiger partial charge >= 0.3 is 0 Å². The number of hydrogen-bond acceptors (Lipinski definition) is 5. The maximum absolute atomic E-state index is 5.42. The summed E-state index contributed by atoms with van der Waals surface area (Å²) < 4.78 is 7.47. The van der Waals surface area contributed by atoms with Crippen LogP contribution in [0.5, 0.6) is 5.75 Å². The van der Waals surface area contributed by atoms with E-state index in [9.17, 15) is 0 Å². The van der Waals surface area contributed by atoms with Gasteiger partial charge < -0.3 is 9.64 Å². The van der Waals surface area contributed by atoms with Gasteiger partial charge in [-0.05, 0) is 36.8 Å². The molecule has 0 bridgehead atoms. The lowest BCUT2D eigenvalue weighted by atomic mass is 10.1. The first kappa shape index (κ1) is 19.1. The highest BCUT2D eigenvalue weighted by Gasteiger charge is 2.19. The third kappa shape index (κ3) is 3.46. The van der Waals surface area contributed by atoms with Gasteiger partial charge in [0.05, 0.1) is 12.6 Å². The molecule has 0 aliphatic rings. The minimum atomic E-state index is 0.718. The third-order valence-corrected chi connectivity index (χ3v) is 5.41. The second-order valence-electron chi connectivity index (χ2n) is 7.69. The van der Waals surface area contributed by atoms with E-state index in [1.165, 1.54) is 5.56 Å². The summed E-state index contributed by atoms with van der Waals surface area (Å²) >= 11 is 0. The molecule has 0 unspecified atom stereocenters. The van der Waals surface area contributed by atoms with Gasteiger partial charge in [-0.15, -0.1) is 10.2 Å². The fraction of sp³-hybridized carbons (Fsp3) is 0.160. The highest BCUT2D eigenvalue weighted by atomic mass is 16.5. The van der Waals surface area contributed by atoms with Gasteiger partial charge in [-0.2, -0.15) is 0 Å². The summed E-state index contributed by atoms with van der Waals surface area (Å²) in [6.07, 6.45) is 0. The number of aromatic nitrogens is 4. The molecule has 0 atom stereocenters. The Labute approximate surface area is 180 Å². The lowest BCUT2D eigenvalue weighted by Gasteiger charge is -2.21. The average molecular weight is 409 g/mol. The molecule has 0 saturated heterocycles. The van der Waals surface area contributed by atoms with E-state index in [1.807, 2.05) is 47.8 Å². The number of methoxy groups -OCH3 is 1. The van der Waals surface area contributed by atoms with Crippen LogP contribution < -0.4 is 9.64 Å². The molecule has 31 heavy (non-hydrogen) atoms. The van der Waals surface area contributed by atoms with E-state index in [0.717, 1.165) is 51.7 Å². The fourth-order valence-corrected chi connectivity index (χ4v) is 3.87. The second kappa shape index (κ2) is 7.72.